The van der Waals surface area contributed by atoms with Gasteiger partial charge in [-0.05, 0) is 30.2 Å². The number of nitrogens with zero attached hydrogens (tertiary/aromatic N) is 3. The highest BCUT2D eigenvalue weighted by Crippen LogP contribution is 2.35. The maximum atomic E-state index is 12.2. The summed E-state index contributed by atoms with van der Waals surface area (Å²) >= 11 is 1.59. The molecule has 0 fully saturated rings. The van der Waals surface area contributed by atoms with Crippen LogP contribution >= 0.6 is 11.3 Å². The van der Waals surface area contributed by atoms with Gasteiger partial charge in [-0.2, -0.15) is 0 Å². The first-order valence-electron chi connectivity index (χ1n) is 10.2. The Balaban J connectivity index is 1.58. The summed E-state index contributed by atoms with van der Waals surface area (Å²) in [7, 11) is 1.38. The van der Waals surface area contributed by atoms with E-state index in [9.17, 15) is 9.59 Å². The number of carbonyl (C=O) groups is 2. The van der Waals surface area contributed by atoms with Crippen LogP contribution in [0.4, 0.5) is 11.4 Å². The number of rotatable bonds is 4. The normalized spacial score (nSPS) is 15.9. The molecule has 1 aliphatic heterocycles. The molecule has 0 unspecified atom stereocenters. The first-order valence-corrected chi connectivity index (χ1v) is 11.1. The average Bonchev–Trinajstić information content (AvgIpc) is 3.19. The van der Waals surface area contributed by atoms with Gasteiger partial charge in [0.25, 0.3) is 0 Å². The van der Waals surface area contributed by atoms with Crippen molar-refractivity contribution in [3.63, 3.8) is 0 Å². The number of hydrogen-bond acceptors (Lipinski definition) is 6. The van der Waals surface area contributed by atoms with Gasteiger partial charge in [-0.3, -0.25) is 4.79 Å². The first-order chi connectivity index (χ1) is 15.0. The van der Waals surface area contributed by atoms with Crippen LogP contribution in [0.25, 0.3) is 10.6 Å². The third-order valence-electron chi connectivity index (χ3n) is 5.38. The van der Waals surface area contributed by atoms with Gasteiger partial charge in [0.1, 0.15) is 5.01 Å². The molecule has 2 aromatic carbocycles. The molecule has 160 valence electrons. The minimum absolute atomic E-state index is 0.0625. The molecule has 1 aromatic heterocycles. The van der Waals surface area contributed by atoms with Gasteiger partial charge < -0.3 is 14.5 Å². The highest BCUT2D eigenvalue weighted by Gasteiger charge is 2.26. The van der Waals surface area contributed by atoms with Gasteiger partial charge >= 0.3 is 5.97 Å². The van der Waals surface area contributed by atoms with Crippen LogP contribution in [-0.4, -0.2) is 37.1 Å². The monoisotopic (exact) mass is 435 g/mol. The molecular weight excluding hydrogens is 410 g/mol. The van der Waals surface area contributed by atoms with E-state index in [1.54, 1.807) is 30.4 Å². The van der Waals surface area contributed by atoms with E-state index in [4.69, 9.17) is 9.72 Å². The van der Waals surface area contributed by atoms with Gasteiger partial charge in [0.15, 0.2) is 0 Å². The molecule has 0 spiro atoms. The smallest absolute Gasteiger partial charge is 0.337 e. The minimum Gasteiger partial charge on any atom is -0.465 e. The first kappa shape index (κ1) is 21.1. The lowest BCUT2D eigenvalue weighted by molar-refractivity contribution is -0.116. The molecule has 0 aliphatic carbocycles. The number of benzene rings is 2. The van der Waals surface area contributed by atoms with Gasteiger partial charge in [0.2, 0.25) is 5.91 Å². The van der Waals surface area contributed by atoms with Gasteiger partial charge in [-0.1, -0.05) is 31.2 Å². The van der Waals surface area contributed by atoms with Crippen LogP contribution in [0.3, 0.4) is 0 Å². The molecule has 7 heteroatoms. The molecule has 2 heterocycles. The largest absolute Gasteiger partial charge is 0.465 e. The summed E-state index contributed by atoms with van der Waals surface area (Å²) in [5, 5.41) is 2.98. The van der Waals surface area contributed by atoms with Crippen molar-refractivity contribution in [3.05, 3.63) is 65.2 Å². The topological polar surface area (TPSA) is 62.7 Å². The van der Waals surface area contributed by atoms with Crippen LogP contribution < -0.4 is 9.80 Å². The van der Waals surface area contributed by atoms with Crippen molar-refractivity contribution in [2.24, 2.45) is 5.92 Å². The van der Waals surface area contributed by atoms with E-state index in [-0.39, 0.29) is 11.9 Å². The number of methoxy groups -OCH3 is 1. The Morgan fingerprint density at radius 1 is 1.10 bits per heavy atom. The number of amides is 1. The Labute approximate surface area is 186 Å². The van der Waals surface area contributed by atoms with E-state index in [2.05, 4.69) is 23.3 Å². The standard InChI is InChI=1S/C24H25N3O3S/c1-16-12-26(21-6-4-5-7-22(21)27(13-16)17(2)28)14-20-15-31-23(25-20)18-8-10-19(11-9-18)24(29)30-3/h4-11,15-16H,12-14H2,1-3H3/t16-/m1/s1. The second kappa shape index (κ2) is 8.89. The van der Waals surface area contributed by atoms with Gasteiger partial charge in [-0.15, -0.1) is 11.3 Å². The number of ether oxygens (including phenoxy) is 1. The molecule has 1 amide bonds. The number of aromatic nitrogens is 1. The van der Waals surface area contributed by atoms with Crippen molar-refractivity contribution in [3.8, 4) is 10.6 Å². The highest BCUT2D eigenvalue weighted by molar-refractivity contribution is 7.13. The van der Waals surface area contributed by atoms with E-state index in [1.165, 1.54) is 7.11 Å². The molecule has 0 N–H and O–H groups in total. The number of hydrogen-bond donors (Lipinski definition) is 0. The highest BCUT2D eigenvalue weighted by atomic mass is 32.1. The second-order valence-corrected chi connectivity index (χ2v) is 8.68. The third-order valence-corrected chi connectivity index (χ3v) is 6.32. The van der Waals surface area contributed by atoms with Crippen molar-refractivity contribution in [1.29, 1.82) is 0 Å². The molecule has 1 atom stereocenters. The lowest BCUT2D eigenvalue weighted by atomic mass is 10.1. The summed E-state index contributed by atoms with van der Waals surface area (Å²) in [6, 6.07) is 15.4. The van der Waals surface area contributed by atoms with Gasteiger partial charge in [0, 0.05) is 31.0 Å². The van der Waals surface area contributed by atoms with Crippen LogP contribution in [0, 0.1) is 5.92 Å². The summed E-state index contributed by atoms with van der Waals surface area (Å²) in [6.45, 7) is 6.02. The maximum absolute atomic E-state index is 12.2. The Bertz CT molecular complexity index is 1090. The van der Waals surface area contributed by atoms with E-state index in [1.807, 2.05) is 35.2 Å². The molecule has 31 heavy (non-hydrogen) atoms. The molecule has 0 saturated carbocycles. The van der Waals surface area contributed by atoms with Crippen molar-refractivity contribution in [1.82, 2.24) is 4.98 Å². The molecule has 1 aliphatic rings. The summed E-state index contributed by atoms with van der Waals surface area (Å²) in [6.07, 6.45) is 0. The quantitative estimate of drug-likeness (QED) is 0.560. The van der Waals surface area contributed by atoms with E-state index in [0.717, 1.165) is 34.2 Å². The zero-order chi connectivity index (χ0) is 22.0. The van der Waals surface area contributed by atoms with Gasteiger partial charge in [-0.25, -0.2) is 9.78 Å². The molecular formula is C24H25N3O3S. The zero-order valence-electron chi connectivity index (χ0n) is 17.9. The predicted octanol–water partition coefficient (Wildman–Crippen LogP) is 4.61. The van der Waals surface area contributed by atoms with Crippen LogP contribution in [0.2, 0.25) is 0 Å². The Morgan fingerprint density at radius 2 is 1.81 bits per heavy atom. The fourth-order valence-electron chi connectivity index (χ4n) is 3.92. The van der Waals surface area contributed by atoms with E-state index >= 15 is 0 Å². The number of fused-ring (bicyclic) bond motifs is 1. The van der Waals surface area contributed by atoms with Crippen LogP contribution in [0.15, 0.2) is 53.9 Å². The second-order valence-electron chi connectivity index (χ2n) is 7.82. The SMILES string of the molecule is COC(=O)c1ccc(-c2nc(CN3C[C@@H](C)CN(C(C)=O)c4ccccc43)cs2)cc1. The Kier molecular flexibility index (Phi) is 6.04. The molecule has 0 radical (unpaired) electrons. The lowest BCUT2D eigenvalue weighted by Gasteiger charge is -2.25. The van der Waals surface area contributed by atoms with Crippen molar-refractivity contribution in [2.75, 3.05) is 30.0 Å². The van der Waals surface area contributed by atoms with Crippen molar-refractivity contribution >= 4 is 34.6 Å². The maximum Gasteiger partial charge on any atom is 0.337 e. The number of anilines is 2. The fraction of sp³-hybridized carbons (Fsp3) is 0.292. The summed E-state index contributed by atoms with van der Waals surface area (Å²) in [5.41, 5.74) is 4.48. The molecule has 0 saturated heterocycles. The van der Waals surface area contributed by atoms with Gasteiger partial charge in [0.05, 0.1) is 36.3 Å². The molecule has 4 rings (SSSR count). The molecule has 3 aromatic rings. The number of esters is 1. The van der Waals surface area contributed by atoms with E-state index in [0.29, 0.717) is 24.6 Å². The molecule has 0 bridgehead atoms. The van der Waals surface area contributed by atoms with Crippen LogP contribution in [-0.2, 0) is 16.1 Å². The Morgan fingerprint density at radius 3 is 2.48 bits per heavy atom. The minimum atomic E-state index is -0.347. The number of carbonyl (C=O) groups excluding carboxylic acids is 2. The fourth-order valence-corrected chi connectivity index (χ4v) is 4.74. The third kappa shape index (κ3) is 4.46. The van der Waals surface area contributed by atoms with Crippen molar-refractivity contribution < 1.29 is 14.3 Å². The Hall–Kier alpha value is -3.19. The number of para-hydroxylation sites is 2. The zero-order valence-corrected chi connectivity index (χ0v) is 18.7. The summed E-state index contributed by atoms with van der Waals surface area (Å²) in [4.78, 5) is 32.9. The van der Waals surface area contributed by atoms with Crippen LogP contribution in [0.1, 0.15) is 29.9 Å². The van der Waals surface area contributed by atoms with E-state index < -0.39 is 0 Å². The van der Waals surface area contributed by atoms with Crippen molar-refractivity contribution in [2.45, 2.75) is 20.4 Å². The molecule has 6 nitrogen and oxygen atoms in total. The van der Waals surface area contributed by atoms with Crippen LogP contribution in [0.5, 0.6) is 0 Å². The summed E-state index contributed by atoms with van der Waals surface area (Å²) in [5.74, 6) is 0.0488. The lowest BCUT2D eigenvalue weighted by Crippen LogP contribution is -2.33. The number of thiazole rings is 1. The predicted molar refractivity (Wildman–Crippen MR) is 124 cm³/mol. The summed E-state index contributed by atoms with van der Waals surface area (Å²) < 4.78 is 4.76. The average molecular weight is 436 g/mol.